The molecule has 0 saturated heterocycles. The second kappa shape index (κ2) is 7.88. The molecule has 0 aliphatic carbocycles. The molecule has 1 amide bonds. The summed E-state index contributed by atoms with van der Waals surface area (Å²) in [7, 11) is 0. The fraction of sp³-hybridized carbons (Fsp3) is 0.300. The molecule has 0 spiro atoms. The predicted molar refractivity (Wildman–Crippen MR) is 102 cm³/mol. The number of carbonyl (C=O) groups excluding carboxylic acids is 2. The van der Waals surface area contributed by atoms with Gasteiger partial charge in [-0.15, -0.1) is 0 Å². The van der Waals surface area contributed by atoms with Gasteiger partial charge < -0.3 is 19.5 Å². The molecule has 27 heavy (non-hydrogen) atoms. The molecule has 1 N–H and O–H groups in total. The summed E-state index contributed by atoms with van der Waals surface area (Å²) in [6, 6.07) is 8.65. The van der Waals surface area contributed by atoms with Gasteiger partial charge in [-0.3, -0.25) is 4.79 Å². The number of aryl methyl sites for hydroxylation is 2. The van der Waals surface area contributed by atoms with E-state index in [2.05, 4.69) is 5.32 Å². The van der Waals surface area contributed by atoms with Crippen molar-refractivity contribution >= 4 is 29.2 Å². The van der Waals surface area contributed by atoms with Gasteiger partial charge in [0.05, 0.1) is 10.6 Å². The Balaban J connectivity index is 1.70. The molecule has 2 aromatic rings. The van der Waals surface area contributed by atoms with Crippen LogP contribution in [0.15, 0.2) is 30.3 Å². The van der Waals surface area contributed by atoms with E-state index in [1.54, 1.807) is 0 Å². The lowest BCUT2D eigenvalue weighted by atomic mass is 10.1. The maximum Gasteiger partial charge on any atom is 0.339 e. The lowest BCUT2D eigenvalue weighted by Crippen LogP contribution is -2.30. The Labute approximate surface area is 162 Å². The number of halogens is 1. The van der Waals surface area contributed by atoms with E-state index in [1.807, 2.05) is 32.0 Å². The number of amides is 1. The monoisotopic (exact) mass is 389 g/mol. The molecule has 2 aromatic carbocycles. The highest BCUT2D eigenvalue weighted by atomic mass is 35.5. The maximum absolute atomic E-state index is 12.4. The molecule has 0 radical (unpaired) electrons. The highest BCUT2D eigenvalue weighted by Gasteiger charge is 2.23. The number of anilines is 1. The Hall–Kier alpha value is -2.73. The summed E-state index contributed by atoms with van der Waals surface area (Å²) in [5, 5.41) is 3.07. The minimum Gasteiger partial charge on any atom is -0.486 e. The van der Waals surface area contributed by atoms with E-state index in [1.165, 1.54) is 19.1 Å². The number of ether oxygens (including phenoxy) is 3. The molecule has 1 aliphatic heterocycles. The molecule has 142 valence electrons. The zero-order chi connectivity index (χ0) is 19.6. The van der Waals surface area contributed by atoms with E-state index in [0.29, 0.717) is 30.4 Å². The van der Waals surface area contributed by atoms with Crippen LogP contribution in [0.2, 0.25) is 5.02 Å². The maximum atomic E-state index is 12.4. The third-order valence-corrected chi connectivity index (χ3v) is 4.50. The highest BCUT2D eigenvalue weighted by Crippen LogP contribution is 2.38. The number of para-hydroxylation sites is 1. The minimum absolute atomic E-state index is 0.191. The van der Waals surface area contributed by atoms with Crippen molar-refractivity contribution in [2.45, 2.75) is 26.9 Å². The van der Waals surface area contributed by atoms with Crippen molar-refractivity contribution < 1.29 is 23.8 Å². The third kappa shape index (κ3) is 4.17. The van der Waals surface area contributed by atoms with Gasteiger partial charge in [-0.2, -0.15) is 0 Å². The summed E-state index contributed by atoms with van der Waals surface area (Å²) < 4.78 is 16.2. The standard InChI is InChI=1S/C20H20ClNO5/c1-11-5-4-6-12(2)17(11)22-19(23)13(3)27-20(24)14-9-15(21)18-16(10-14)25-7-8-26-18/h4-6,9-10,13H,7-8H2,1-3H3,(H,22,23)/t13-/m1/s1. The predicted octanol–water partition coefficient (Wildman–Crippen LogP) is 3.91. The average Bonchev–Trinajstić information content (AvgIpc) is 2.64. The summed E-state index contributed by atoms with van der Waals surface area (Å²) in [4.78, 5) is 24.9. The van der Waals surface area contributed by atoms with Crippen molar-refractivity contribution in [3.05, 3.63) is 52.0 Å². The average molecular weight is 390 g/mol. The van der Waals surface area contributed by atoms with Gasteiger partial charge in [0.2, 0.25) is 0 Å². The molecule has 6 nitrogen and oxygen atoms in total. The van der Waals surface area contributed by atoms with Gasteiger partial charge >= 0.3 is 5.97 Å². The molecule has 0 saturated carbocycles. The van der Waals surface area contributed by atoms with Crippen molar-refractivity contribution in [1.29, 1.82) is 0 Å². The van der Waals surface area contributed by atoms with Crippen molar-refractivity contribution in [1.82, 2.24) is 0 Å². The van der Waals surface area contributed by atoms with E-state index in [0.717, 1.165) is 11.1 Å². The summed E-state index contributed by atoms with van der Waals surface area (Å²) in [5.74, 6) is -0.295. The fourth-order valence-electron chi connectivity index (χ4n) is 2.75. The van der Waals surface area contributed by atoms with Crippen LogP contribution in [0.5, 0.6) is 11.5 Å². The van der Waals surface area contributed by atoms with Gasteiger partial charge in [0.25, 0.3) is 5.91 Å². The number of benzene rings is 2. The summed E-state index contributed by atoms with van der Waals surface area (Å²) in [6.45, 7) is 6.08. The Bertz CT molecular complexity index is 876. The Morgan fingerprint density at radius 3 is 2.52 bits per heavy atom. The molecule has 0 fully saturated rings. The molecule has 3 rings (SSSR count). The normalized spacial score (nSPS) is 13.6. The quantitative estimate of drug-likeness (QED) is 0.802. The number of hydrogen-bond acceptors (Lipinski definition) is 5. The van der Waals surface area contributed by atoms with Crippen LogP contribution in [0, 0.1) is 13.8 Å². The number of carbonyl (C=O) groups is 2. The highest BCUT2D eigenvalue weighted by molar-refractivity contribution is 6.32. The van der Waals surface area contributed by atoms with E-state index >= 15 is 0 Å². The molecule has 1 heterocycles. The molecule has 1 aliphatic rings. The van der Waals surface area contributed by atoms with Gasteiger partial charge in [-0.25, -0.2) is 4.79 Å². The van der Waals surface area contributed by atoms with Crippen LogP contribution in [0.1, 0.15) is 28.4 Å². The topological polar surface area (TPSA) is 73.9 Å². The molecule has 7 heteroatoms. The van der Waals surface area contributed by atoms with Crippen molar-refractivity contribution in [3.8, 4) is 11.5 Å². The van der Waals surface area contributed by atoms with Crippen molar-refractivity contribution in [3.63, 3.8) is 0 Å². The van der Waals surface area contributed by atoms with E-state index in [9.17, 15) is 9.59 Å². The number of fused-ring (bicyclic) bond motifs is 1. The van der Waals surface area contributed by atoms with Crippen LogP contribution in [-0.2, 0) is 9.53 Å². The van der Waals surface area contributed by atoms with E-state index in [-0.39, 0.29) is 10.6 Å². The van der Waals surface area contributed by atoms with E-state index < -0.39 is 18.0 Å². The molecular weight excluding hydrogens is 370 g/mol. The van der Waals surface area contributed by atoms with Gasteiger partial charge in [0.1, 0.15) is 13.2 Å². The lowest BCUT2D eigenvalue weighted by molar-refractivity contribution is -0.123. The van der Waals surface area contributed by atoms with Gasteiger partial charge in [-0.1, -0.05) is 29.8 Å². The number of hydrogen-bond donors (Lipinski definition) is 1. The van der Waals surface area contributed by atoms with Gasteiger partial charge in [0.15, 0.2) is 17.6 Å². The Morgan fingerprint density at radius 2 is 1.81 bits per heavy atom. The number of esters is 1. The zero-order valence-corrected chi connectivity index (χ0v) is 16.1. The molecule has 0 bridgehead atoms. The largest absolute Gasteiger partial charge is 0.486 e. The minimum atomic E-state index is -0.983. The van der Waals surface area contributed by atoms with Crippen LogP contribution in [0.4, 0.5) is 5.69 Å². The lowest BCUT2D eigenvalue weighted by Gasteiger charge is -2.20. The molecule has 1 atom stereocenters. The van der Waals surface area contributed by atoms with Crippen LogP contribution >= 0.6 is 11.6 Å². The second-order valence-electron chi connectivity index (χ2n) is 6.29. The Kier molecular flexibility index (Phi) is 5.56. The second-order valence-corrected chi connectivity index (χ2v) is 6.69. The van der Waals surface area contributed by atoms with Gasteiger partial charge in [-0.05, 0) is 44.0 Å². The van der Waals surface area contributed by atoms with Crippen LogP contribution in [0.25, 0.3) is 0 Å². The molecule has 0 unspecified atom stereocenters. The summed E-state index contributed by atoms with van der Waals surface area (Å²) in [5.41, 5.74) is 2.77. The van der Waals surface area contributed by atoms with Crippen LogP contribution in [0.3, 0.4) is 0 Å². The van der Waals surface area contributed by atoms with Crippen molar-refractivity contribution in [2.24, 2.45) is 0 Å². The number of nitrogens with one attached hydrogen (secondary N) is 1. The van der Waals surface area contributed by atoms with Crippen molar-refractivity contribution in [2.75, 3.05) is 18.5 Å². The summed E-state index contributed by atoms with van der Waals surface area (Å²) >= 11 is 6.14. The first-order valence-electron chi connectivity index (χ1n) is 8.54. The third-order valence-electron chi connectivity index (χ3n) is 4.21. The molecule has 0 aromatic heterocycles. The summed E-state index contributed by atoms with van der Waals surface area (Å²) in [6.07, 6.45) is -0.983. The van der Waals surface area contributed by atoms with E-state index in [4.69, 9.17) is 25.8 Å². The zero-order valence-electron chi connectivity index (χ0n) is 15.3. The van der Waals surface area contributed by atoms with Crippen LogP contribution in [-0.4, -0.2) is 31.2 Å². The fourth-order valence-corrected chi connectivity index (χ4v) is 3.01. The molecular formula is C20H20ClNO5. The SMILES string of the molecule is Cc1cccc(C)c1NC(=O)[C@@H](C)OC(=O)c1cc(Cl)c2c(c1)OCCO2. The Morgan fingerprint density at radius 1 is 1.15 bits per heavy atom. The van der Waals surface area contributed by atoms with Crippen LogP contribution < -0.4 is 14.8 Å². The van der Waals surface area contributed by atoms with Gasteiger partial charge in [0, 0.05) is 5.69 Å². The first-order valence-corrected chi connectivity index (χ1v) is 8.92. The smallest absolute Gasteiger partial charge is 0.339 e. The first-order chi connectivity index (χ1) is 12.9. The number of rotatable bonds is 4. The first kappa shape index (κ1) is 19.0.